The molecule has 116 valence electrons. The predicted octanol–water partition coefficient (Wildman–Crippen LogP) is 1.43. The third-order valence-electron chi connectivity index (χ3n) is 5.62. The Bertz CT molecular complexity index is 320. The quantitative estimate of drug-likeness (QED) is 0.796. The molecule has 5 heteroatoms. The third kappa shape index (κ3) is 3.17. The van der Waals surface area contributed by atoms with Crippen LogP contribution in [-0.4, -0.2) is 74.0 Å². The molecule has 0 aromatic rings. The Hall–Kier alpha value is 0.190. The van der Waals surface area contributed by atoms with Crippen LogP contribution in [0.4, 0.5) is 0 Å². The van der Waals surface area contributed by atoms with Gasteiger partial charge in [0.25, 0.3) is 0 Å². The Balaban J connectivity index is 1.54. The van der Waals surface area contributed by atoms with E-state index in [1.54, 1.807) is 0 Å². The van der Waals surface area contributed by atoms with E-state index in [-0.39, 0.29) is 0 Å². The van der Waals surface area contributed by atoms with Crippen LogP contribution in [0.2, 0.25) is 0 Å². The second kappa shape index (κ2) is 6.53. The molecule has 1 spiro atoms. The molecule has 0 saturated carbocycles. The highest BCUT2D eigenvalue weighted by molar-refractivity contribution is 7.96. The van der Waals surface area contributed by atoms with Gasteiger partial charge in [-0.25, -0.2) is 0 Å². The summed E-state index contributed by atoms with van der Waals surface area (Å²) in [6.07, 6.45) is 7.62. The van der Waals surface area contributed by atoms with Gasteiger partial charge in [-0.05, 0) is 50.9 Å². The maximum Gasteiger partial charge on any atom is 0.0623 e. The maximum absolute atomic E-state index is 5.79. The van der Waals surface area contributed by atoms with Crippen molar-refractivity contribution < 1.29 is 4.74 Å². The summed E-state index contributed by atoms with van der Waals surface area (Å²) in [5, 5.41) is 3.38. The number of hydrogen-bond acceptors (Lipinski definition) is 5. The largest absolute Gasteiger partial charge is 0.378 e. The molecule has 0 aromatic carbocycles. The van der Waals surface area contributed by atoms with Crippen LogP contribution < -0.4 is 5.32 Å². The summed E-state index contributed by atoms with van der Waals surface area (Å²) in [7, 11) is 2.06. The highest BCUT2D eigenvalue weighted by Crippen LogP contribution is 2.42. The van der Waals surface area contributed by atoms with Gasteiger partial charge in [-0.2, -0.15) is 0 Å². The number of nitrogens with zero attached hydrogens (tertiary/aromatic N) is 2. The monoisotopic (exact) mass is 299 g/mol. The zero-order chi connectivity index (χ0) is 14.0. The van der Waals surface area contributed by atoms with Crippen molar-refractivity contribution in [1.82, 2.24) is 14.5 Å². The minimum atomic E-state index is 0.545. The van der Waals surface area contributed by atoms with Crippen LogP contribution in [0.1, 0.15) is 25.7 Å². The van der Waals surface area contributed by atoms with E-state index in [4.69, 9.17) is 4.74 Å². The van der Waals surface area contributed by atoms with E-state index in [2.05, 4.69) is 27.8 Å². The zero-order valence-electron chi connectivity index (χ0n) is 12.9. The molecule has 3 saturated heterocycles. The van der Waals surface area contributed by atoms with E-state index in [0.29, 0.717) is 17.5 Å². The summed E-state index contributed by atoms with van der Waals surface area (Å²) in [6, 6.07) is 1.18. The molecule has 2 unspecified atom stereocenters. The number of nitrogens with one attached hydrogen (secondary N) is 1. The molecule has 0 aliphatic carbocycles. The van der Waals surface area contributed by atoms with Crippen LogP contribution in [0.3, 0.4) is 0 Å². The molecule has 3 heterocycles. The molecule has 3 fully saturated rings. The molecule has 0 bridgehead atoms. The standard InChI is InChI=1S/C15H29N3OS/c1-16-13-9-14(11-19-10-13)17-6-3-15(12-17)4-7-18(20-2)8-5-15/h13-14,16H,3-12H2,1-2H3. The van der Waals surface area contributed by atoms with Crippen LogP contribution in [0.15, 0.2) is 0 Å². The predicted molar refractivity (Wildman–Crippen MR) is 85.0 cm³/mol. The van der Waals surface area contributed by atoms with Gasteiger partial charge in [-0.1, -0.05) is 11.9 Å². The first kappa shape index (κ1) is 15.1. The molecular weight excluding hydrogens is 270 g/mol. The molecule has 2 atom stereocenters. The molecular formula is C15H29N3OS. The van der Waals surface area contributed by atoms with Crippen LogP contribution >= 0.6 is 11.9 Å². The minimum absolute atomic E-state index is 0.545. The molecule has 0 radical (unpaired) electrons. The summed E-state index contributed by atoms with van der Waals surface area (Å²) in [5.41, 5.74) is 0.610. The van der Waals surface area contributed by atoms with Gasteiger partial charge in [0.2, 0.25) is 0 Å². The number of likely N-dealkylation sites (N-methyl/N-ethyl adjacent to an activating group) is 1. The van der Waals surface area contributed by atoms with Gasteiger partial charge in [-0.3, -0.25) is 9.21 Å². The SMILES string of the molecule is CNC1COCC(N2CCC3(CCN(SC)CC3)C2)C1. The maximum atomic E-state index is 5.79. The fourth-order valence-corrected chi connectivity index (χ4v) is 4.65. The lowest BCUT2D eigenvalue weighted by atomic mass is 9.78. The smallest absolute Gasteiger partial charge is 0.0623 e. The van der Waals surface area contributed by atoms with E-state index in [1.165, 1.54) is 51.9 Å². The van der Waals surface area contributed by atoms with Gasteiger partial charge >= 0.3 is 0 Å². The summed E-state index contributed by atoms with van der Waals surface area (Å²) in [4.78, 5) is 2.72. The summed E-state index contributed by atoms with van der Waals surface area (Å²) >= 11 is 1.91. The first-order chi connectivity index (χ1) is 9.74. The number of rotatable bonds is 3. The van der Waals surface area contributed by atoms with Crippen molar-refractivity contribution in [1.29, 1.82) is 0 Å². The van der Waals surface area contributed by atoms with Crippen molar-refractivity contribution in [3.63, 3.8) is 0 Å². The number of likely N-dealkylation sites (tertiary alicyclic amines) is 1. The first-order valence-electron chi connectivity index (χ1n) is 8.03. The second-order valence-corrected chi connectivity index (χ2v) is 7.63. The minimum Gasteiger partial charge on any atom is -0.378 e. The van der Waals surface area contributed by atoms with E-state index < -0.39 is 0 Å². The zero-order valence-corrected chi connectivity index (χ0v) is 13.8. The Morgan fingerprint density at radius 3 is 2.60 bits per heavy atom. The van der Waals surface area contributed by atoms with Gasteiger partial charge in [0, 0.05) is 31.7 Å². The van der Waals surface area contributed by atoms with Crippen molar-refractivity contribution >= 4 is 11.9 Å². The lowest BCUT2D eigenvalue weighted by Crippen LogP contribution is -2.49. The molecule has 3 aliphatic heterocycles. The molecule has 3 rings (SSSR count). The van der Waals surface area contributed by atoms with E-state index in [9.17, 15) is 0 Å². The highest BCUT2D eigenvalue weighted by atomic mass is 32.2. The van der Waals surface area contributed by atoms with E-state index in [1.807, 2.05) is 11.9 Å². The fourth-order valence-electron chi connectivity index (χ4n) is 4.10. The van der Waals surface area contributed by atoms with Gasteiger partial charge in [0.05, 0.1) is 13.2 Å². The lowest BCUT2D eigenvalue weighted by molar-refractivity contribution is 0.00307. The Morgan fingerprint density at radius 1 is 1.15 bits per heavy atom. The normalized spacial score (nSPS) is 35.7. The average molecular weight is 299 g/mol. The van der Waals surface area contributed by atoms with Gasteiger partial charge in [0.15, 0.2) is 0 Å². The van der Waals surface area contributed by atoms with Crippen LogP contribution in [-0.2, 0) is 4.74 Å². The van der Waals surface area contributed by atoms with Gasteiger partial charge < -0.3 is 10.1 Å². The molecule has 4 nitrogen and oxygen atoms in total. The Kier molecular flexibility index (Phi) is 4.93. The molecule has 20 heavy (non-hydrogen) atoms. The lowest BCUT2D eigenvalue weighted by Gasteiger charge is -2.40. The van der Waals surface area contributed by atoms with Crippen molar-refractivity contribution in [2.45, 2.75) is 37.8 Å². The van der Waals surface area contributed by atoms with E-state index in [0.717, 1.165) is 13.2 Å². The van der Waals surface area contributed by atoms with Crippen LogP contribution in [0.5, 0.6) is 0 Å². The molecule has 1 N–H and O–H groups in total. The number of ether oxygens (including phenoxy) is 1. The van der Waals surface area contributed by atoms with Crippen molar-refractivity contribution in [2.24, 2.45) is 5.41 Å². The third-order valence-corrected chi connectivity index (χ3v) is 6.50. The number of piperidine rings is 1. The van der Waals surface area contributed by atoms with Crippen LogP contribution in [0, 0.1) is 5.41 Å². The Labute approximate surface area is 127 Å². The average Bonchev–Trinajstić information content (AvgIpc) is 2.92. The van der Waals surface area contributed by atoms with Gasteiger partial charge in [-0.15, -0.1) is 0 Å². The van der Waals surface area contributed by atoms with Crippen LogP contribution in [0.25, 0.3) is 0 Å². The second-order valence-electron chi connectivity index (χ2n) is 6.74. The van der Waals surface area contributed by atoms with Crippen molar-refractivity contribution in [3.05, 3.63) is 0 Å². The highest BCUT2D eigenvalue weighted by Gasteiger charge is 2.43. The molecule has 0 aromatic heterocycles. The summed E-state index contributed by atoms with van der Waals surface area (Å²) < 4.78 is 8.31. The topological polar surface area (TPSA) is 27.7 Å². The molecule has 3 aliphatic rings. The summed E-state index contributed by atoms with van der Waals surface area (Å²) in [5.74, 6) is 0. The van der Waals surface area contributed by atoms with E-state index >= 15 is 0 Å². The van der Waals surface area contributed by atoms with Crippen molar-refractivity contribution in [2.75, 3.05) is 52.7 Å². The number of hydrogen-bond donors (Lipinski definition) is 1. The first-order valence-corrected chi connectivity index (χ1v) is 9.21. The van der Waals surface area contributed by atoms with Gasteiger partial charge in [0.1, 0.15) is 0 Å². The summed E-state index contributed by atoms with van der Waals surface area (Å²) in [6.45, 7) is 6.95. The molecule has 0 amide bonds. The Morgan fingerprint density at radius 2 is 1.90 bits per heavy atom. The van der Waals surface area contributed by atoms with Crippen molar-refractivity contribution in [3.8, 4) is 0 Å². The fraction of sp³-hybridized carbons (Fsp3) is 1.00.